The highest BCUT2D eigenvalue weighted by molar-refractivity contribution is 7.92. The molecule has 2 N–H and O–H groups in total. The number of benzene rings is 2. The second-order valence-electron chi connectivity index (χ2n) is 6.19. The first-order chi connectivity index (χ1) is 12.5. The van der Waals surface area contributed by atoms with E-state index in [1.54, 1.807) is 6.92 Å². The van der Waals surface area contributed by atoms with Crippen molar-refractivity contribution in [1.29, 1.82) is 0 Å². The Morgan fingerprint density at radius 2 is 1.70 bits per heavy atom. The predicted molar refractivity (Wildman–Crippen MR) is 98.4 cm³/mol. The molecule has 27 heavy (non-hydrogen) atoms. The Balaban J connectivity index is 2.36. The van der Waals surface area contributed by atoms with Gasteiger partial charge in [-0.1, -0.05) is 0 Å². The summed E-state index contributed by atoms with van der Waals surface area (Å²) < 4.78 is 60.4. The van der Waals surface area contributed by atoms with Crippen LogP contribution >= 0.6 is 0 Å². The van der Waals surface area contributed by atoms with Gasteiger partial charge in [-0.15, -0.1) is 0 Å². The molecule has 0 saturated heterocycles. The second kappa shape index (κ2) is 7.91. The fourth-order valence-electron chi connectivity index (χ4n) is 2.29. The van der Waals surface area contributed by atoms with Gasteiger partial charge in [0.25, 0.3) is 10.0 Å². The van der Waals surface area contributed by atoms with E-state index in [-0.39, 0.29) is 16.7 Å². The molecule has 6 nitrogen and oxygen atoms in total. The first kappa shape index (κ1) is 20.6. The van der Waals surface area contributed by atoms with Gasteiger partial charge in [0.2, 0.25) is 5.91 Å². The molecule has 0 spiro atoms. The number of ether oxygens (including phenoxy) is 1. The van der Waals surface area contributed by atoms with Gasteiger partial charge < -0.3 is 10.1 Å². The van der Waals surface area contributed by atoms with Crippen molar-refractivity contribution in [3.05, 3.63) is 47.5 Å². The van der Waals surface area contributed by atoms with Crippen LogP contribution in [0.4, 0.5) is 20.2 Å². The molecule has 146 valence electrons. The van der Waals surface area contributed by atoms with Crippen molar-refractivity contribution in [2.75, 3.05) is 10.0 Å². The van der Waals surface area contributed by atoms with Gasteiger partial charge in [-0.2, -0.15) is 0 Å². The highest BCUT2D eigenvalue weighted by Gasteiger charge is 2.20. The largest absolute Gasteiger partial charge is 0.491 e. The quantitative estimate of drug-likeness (QED) is 0.775. The topological polar surface area (TPSA) is 84.5 Å². The summed E-state index contributed by atoms with van der Waals surface area (Å²) in [7, 11) is -4.14. The number of carbonyl (C=O) groups is 1. The molecule has 0 heterocycles. The third kappa shape index (κ3) is 5.16. The Morgan fingerprint density at radius 3 is 2.26 bits per heavy atom. The molecule has 2 aromatic carbocycles. The molecule has 0 atom stereocenters. The van der Waals surface area contributed by atoms with Crippen LogP contribution in [0.3, 0.4) is 0 Å². The SMILES string of the molecule is CC(=O)Nc1cc(NS(=O)(=O)c2ccc(OC(C)C)c(C)c2)c(F)cc1F. The van der Waals surface area contributed by atoms with E-state index in [1.165, 1.54) is 18.2 Å². The number of carbonyl (C=O) groups excluding carboxylic acids is 1. The van der Waals surface area contributed by atoms with Crippen molar-refractivity contribution in [3.63, 3.8) is 0 Å². The van der Waals surface area contributed by atoms with E-state index >= 15 is 0 Å². The molecule has 0 bridgehead atoms. The van der Waals surface area contributed by atoms with Crippen molar-refractivity contribution in [1.82, 2.24) is 0 Å². The van der Waals surface area contributed by atoms with Crippen molar-refractivity contribution in [2.24, 2.45) is 0 Å². The fraction of sp³-hybridized carbons (Fsp3) is 0.278. The zero-order chi connectivity index (χ0) is 20.4. The molecule has 2 rings (SSSR count). The minimum Gasteiger partial charge on any atom is -0.491 e. The number of nitrogens with one attached hydrogen (secondary N) is 2. The lowest BCUT2D eigenvalue weighted by Crippen LogP contribution is -2.16. The number of aryl methyl sites for hydroxylation is 1. The molecule has 0 radical (unpaired) electrons. The van der Waals surface area contributed by atoms with Crippen molar-refractivity contribution in [3.8, 4) is 5.75 Å². The summed E-state index contributed by atoms with van der Waals surface area (Å²) in [5, 5.41) is 2.17. The lowest BCUT2D eigenvalue weighted by molar-refractivity contribution is -0.114. The van der Waals surface area contributed by atoms with Crippen LogP contribution in [-0.4, -0.2) is 20.4 Å². The zero-order valence-corrected chi connectivity index (χ0v) is 16.1. The summed E-state index contributed by atoms with van der Waals surface area (Å²) in [6.07, 6.45) is -0.0789. The Morgan fingerprint density at radius 1 is 1.07 bits per heavy atom. The van der Waals surface area contributed by atoms with Crippen molar-refractivity contribution < 1.29 is 26.7 Å². The number of anilines is 2. The molecule has 2 aromatic rings. The van der Waals surface area contributed by atoms with Crippen molar-refractivity contribution in [2.45, 2.75) is 38.7 Å². The molecule has 0 aliphatic carbocycles. The van der Waals surface area contributed by atoms with Gasteiger partial charge in [-0.3, -0.25) is 9.52 Å². The summed E-state index contributed by atoms with van der Waals surface area (Å²) in [5.74, 6) is -2.17. The van der Waals surface area contributed by atoms with Gasteiger partial charge in [0, 0.05) is 13.0 Å². The van der Waals surface area contributed by atoms with Gasteiger partial charge in [-0.25, -0.2) is 17.2 Å². The molecule has 0 aliphatic rings. The summed E-state index contributed by atoms with van der Waals surface area (Å²) >= 11 is 0. The molecule has 0 fully saturated rings. The monoisotopic (exact) mass is 398 g/mol. The first-order valence-corrected chi connectivity index (χ1v) is 9.54. The number of rotatable bonds is 6. The third-order valence-corrected chi connectivity index (χ3v) is 4.79. The second-order valence-corrected chi connectivity index (χ2v) is 7.87. The van der Waals surface area contributed by atoms with E-state index in [2.05, 4.69) is 10.0 Å². The van der Waals surface area contributed by atoms with Gasteiger partial charge in [0.15, 0.2) is 0 Å². The molecular formula is C18H20F2N2O4S. The van der Waals surface area contributed by atoms with Crippen LogP contribution in [0, 0.1) is 18.6 Å². The van der Waals surface area contributed by atoms with Crippen LogP contribution in [0.5, 0.6) is 5.75 Å². The highest BCUT2D eigenvalue weighted by atomic mass is 32.2. The Hall–Kier alpha value is -2.68. The minimum atomic E-state index is -4.14. The summed E-state index contributed by atoms with van der Waals surface area (Å²) in [6, 6.07) is 5.59. The molecular weight excluding hydrogens is 378 g/mol. The van der Waals surface area contributed by atoms with E-state index in [1.807, 2.05) is 13.8 Å². The van der Waals surface area contributed by atoms with E-state index in [9.17, 15) is 22.0 Å². The number of amides is 1. The smallest absolute Gasteiger partial charge is 0.262 e. The van der Waals surface area contributed by atoms with E-state index < -0.39 is 33.3 Å². The molecule has 1 amide bonds. The summed E-state index contributed by atoms with van der Waals surface area (Å²) in [6.45, 7) is 6.52. The molecule has 0 aliphatic heterocycles. The Labute approximate surface area is 156 Å². The third-order valence-electron chi connectivity index (χ3n) is 3.43. The van der Waals surface area contributed by atoms with Gasteiger partial charge in [0.05, 0.1) is 22.4 Å². The normalized spacial score (nSPS) is 11.4. The maximum Gasteiger partial charge on any atom is 0.262 e. The Kier molecular flexibility index (Phi) is 6.04. The number of hydrogen-bond donors (Lipinski definition) is 2. The lowest BCUT2D eigenvalue weighted by atomic mass is 10.2. The van der Waals surface area contributed by atoms with Crippen molar-refractivity contribution >= 4 is 27.3 Å². The summed E-state index contributed by atoms with van der Waals surface area (Å²) in [4.78, 5) is 11.0. The van der Waals surface area contributed by atoms with Crippen LogP contribution < -0.4 is 14.8 Å². The molecule has 0 unspecified atom stereocenters. The van der Waals surface area contributed by atoms with Crippen LogP contribution in [-0.2, 0) is 14.8 Å². The molecule has 0 aromatic heterocycles. The average molecular weight is 398 g/mol. The number of hydrogen-bond acceptors (Lipinski definition) is 4. The first-order valence-electron chi connectivity index (χ1n) is 8.06. The Bertz CT molecular complexity index is 976. The van der Waals surface area contributed by atoms with Gasteiger partial charge >= 0.3 is 0 Å². The van der Waals surface area contributed by atoms with E-state index in [0.717, 1.165) is 13.0 Å². The maximum absolute atomic E-state index is 14.0. The van der Waals surface area contributed by atoms with Crippen LogP contribution in [0.25, 0.3) is 0 Å². The van der Waals surface area contributed by atoms with Crippen LogP contribution in [0.15, 0.2) is 35.2 Å². The van der Waals surface area contributed by atoms with Crippen LogP contribution in [0.1, 0.15) is 26.3 Å². The van der Waals surface area contributed by atoms with E-state index in [0.29, 0.717) is 17.4 Å². The van der Waals surface area contributed by atoms with Gasteiger partial charge in [0.1, 0.15) is 17.4 Å². The standard InChI is InChI=1S/C18H20F2N2O4S/c1-10(2)26-18-6-5-13(7-11(18)3)27(24,25)22-17-9-16(21-12(4)23)14(19)8-15(17)20/h5-10,22H,1-4H3,(H,21,23). The highest BCUT2D eigenvalue weighted by Crippen LogP contribution is 2.28. The number of sulfonamides is 1. The predicted octanol–water partition coefficient (Wildman–Crippen LogP) is 3.82. The fourth-order valence-corrected chi connectivity index (χ4v) is 3.43. The number of halogens is 2. The van der Waals surface area contributed by atoms with Gasteiger partial charge in [-0.05, 0) is 50.6 Å². The maximum atomic E-state index is 14.0. The minimum absolute atomic E-state index is 0.0789. The zero-order valence-electron chi connectivity index (χ0n) is 15.3. The molecule has 9 heteroatoms. The van der Waals surface area contributed by atoms with E-state index in [4.69, 9.17) is 4.74 Å². The average Bonchev–Trinajstić information content (AvgIpc) is 2.53. The lowest BCUT2D eigenvalue weighted by Gasteiger charge is -2.15. The van der Waals surface area contributed by atoms with Crippen LogP contribution in [0.2, 0.25) is 0 Å². The summed E-state index contributed by atoms with van der Waals surface area (Å²) in [5.41, 5.74) is -0.233. The molecule has 0 saturated carbocycles.